The zero-order valence-electron chi connectivity index (χ0n) is 15.0. The molecular formula is C19H22ClF3N2O2S. The van der Waals surface area contributed by atoms with Gasteiger partial charge in [0.05, 0.1) is 10.5 Å². The number of piperidine rings is 1. The number of nitrogens with zero attached hydrogens (tertiary/aromatic N) is 1. The molecule has 0 bridgehead atoms. The Kier molecular flexibility index (Phi) is 7.50. The standard InChI is InChI=1S/C19H21F3N2O2S.ClH/c20-19(21,22)16-7-4-8-18(13-16)27(25,26)23-17-9-11-24(12-10-17)14-15-5-2-1-3-6-15;/h1-8,13,17,23H,9-12,14H2;1H. The van der Waals surface area contributed by atoms with E-state index in [1.54, 1.807) is 0 Å². The molecule has 3 rings (SSSR count). The van der Waals surface area contributed by atoms with Crippen LogP contribution in [0.3, 0.4) is 0 Å². The largest absolute Gasteiger partial charge is 0.416 e. The van der Waals surface area contributed by atoms with E-state index in [2.05, 4.69) is 9.62 Å². The molecule has 0 saturated carbocycles. The van der Waals surface area contributed by atoms with Crippen molar-refractivity contribution in [2.24, 2.45) is 0 Å². The minimum Gasteiger partial charge on any atom is -0.299 e. The summed E-state index contributed by atoms with van der Waals surface area (Å²) in [7, 11) is -3.99. The third-order valence-corrected chi connectivity index (χ3v) is 6.15. The van der Waals surface area contributed by atoms with Crippen LogP contribution in [-0.2, 0) is 22.7 Å². The van der Waals surface area contributed by atoms with Gasteiger partial charge in [0.1, 0.15) is 0 Å². The van der Waals surface area contributed by atoms with Crippen molar-refractivity contribution < 1.29 is 21.6 Å². The normalized spacial score (nSPS) is 16.5. The Bertz CT molecular complexity index is 868. The SMILES string of the molecule is Cl.O=S(=O)(NC1CCN(Cc2ccccc2)CC1)c1cccc(C(F)(F)F)c1. The molecule has 0 spiro atoms. The zero-order valence-corrected chi connectivity index (χ0v) is 16.7. The molecule has 1 aliphatic rings. The van der Waals surface area contributed by atoms with Crippen molar-refractivity contribution in [1.29, 1.82) is 0 Å². The topological polar surface area (TPSA) is 49.4 Å². The average molecular weight is 435 g/mol. The number of hydrogen-bond donors (Lipinski definition) is 1. The van der Waals surface area contributed by atoms with E-state index in [0.29, 0.717) is 18.9 Å². The monoisotopic (exact) mass is 434 g/mol. The van der Waals surface area contributed by atoms with E-state index in [9.17, 15) is 21.6 Å². The van der Waals surface area contributed by atoms with Crippen LogP contribution in [0, 0.1) is 0 Å². The summed E-state index contributed by atoms with van der Waals surface area (Å²) in [6.07, 6.45) is -3.34. The fourth-order valence-electron chi connectivity index (χ4n) is 3.18. The van der Waals surface area contributed by atoms with Crippen molar-refractivity contribution in [2.75, 3.05) is 13.1 Å². The summed E-state index contributed by atoms with van der Waals surface area (Å²) in [5.74, 6) is 0. The van der Waals surface area contributed by atoms with Crippen molar-refractivity contribution in [3.8, 4) is 0 Å². The Balaban J connectivity index is 0.00000280. The number of hydrogen-bond acceptors (Lipinski definition) is 3. The lowest BCUT2D eigenvalue weighted by atomic mass is 10.1. The predicted molar refractivity (Wildman–Crippen MR) is 104 cm³/mol. The van der Waals surface area contributed by atoms with Gasteiger partial charge in [0.15, 0.2) is 0 Å². The maximum absolute atomic E-state index is 12.8. The van der Waals surface area contributed by atoms with Crippen LogP contribution in [-0.4, -0.2) is 32.4 Å². The first-order chi connectivity index (χ1) is 12.7. The van der Waals surface area contributed by atoms with Gasteiger partial charge >= 0.3 is 6.18 Å². The summed E-state index contributed by atoms with van der Waals surface area (Å²) in [4.78, 5) is 1.88. The Labute approximate surface area is 169 Å². The van der Waals surface area contributed by atoms with Crippen molar-refractivity contribution in [3.63, 3.8) is 0 Å². The number of rotatable bonds is 5. The number of benzene rings is 2. The van der Waals surface area contributed by atoms with Crippen molar-refractivity contribution in [1.82, 2.24) is 9.62 Å². The molecule has 0 aromatic heterocycles. The highest BCUT2D eigenvalue weighted by Gasteiger charge is 2.32. The molecule has 1 saturated heterocycles. The van der Waals surface area contributed by atoms with Gasteiger partial charge in [-0.3, -0.25) is 4.90 Å². The zero-order chi connectivity index (χ0) is 19.5. The fraction of sp³-hybridized carbons (Fsp3) is 0.368. The quantitative estimate of drug-likeness (QED) is 0.771. The van der Waals surface area contributed by atoms with Gasteiger partial charge in [0, 0.05) is 25.7 Å². The molecule has 0 aliphatic carbocycles. The molecule has 1 fully saturated rings. The van der Waals surface area contributed by atoms with Crippen LogP contribution < -0.4 is 4.72 Å². The van der Waals surface area contributed by atoms with E-state index in [-0.39, 0.29) is 23.3 Å². The van der Waals surface area contributed by atoms with Crippen LogP contribution in [0.2, 0.25) is 0 Å². The summed E-state index contributed by atoms with van der Waals surface area (Å²) in [5, 5.41) is 0. The van der Waals surface area contributed by atoms with Crippen molar-refractivity contribution >= 4 is 22.4 Å². The average Bonchev–Trinajstić information content (AvgIpc) is 2.63. The Morgan fingerprint density at radius 1 is 1.00 bits per heavy atom. The summed E-state index contributed by atoms with van der Waals surface area (Å²) in [5.41, 5.74) is 0.226. The first-order valence-corrected chi connectivity index (χ1v) is 10.2. The highest BCUT2D eigenvalue weighted by molar-refractivity contribution is 7.89. The second-order valence-corrected chi connectivity index (χ2v) is 8.40. The second-order valence-electron chi connectivity index (χ2n) is 6.68. The number of sulfonamides is 1. The molecular weight excluding hydrogens is 413 g/mol. The van der Waals surface area contributed by atoms with E-state index in [4.69, 9.17) is 0 Å². The molecule has 1 heterocycles. The lowest BCUT2D eigenvalue weighted by molar-refractivity contribution is -0.137. The molecule has 9 heteroatoms. The molecule has 154 valence electrons. The third kappa shape index (κ3) is 5.94. The molecule has 2 aromatic rings. The predicted octanol–water partition coefficient (Wildman–Crippen LogP) is 4.07. The molecule has 0 unspecified atom stereocenters. The third-order valence-electron chi connectivity index (χ3n) is 4.63. The molecule has 2 aromatic carbocycles. The Morgan fingerprint density at radius 3 is 2.25 bits per heavy atom. The van der Waals surface area contributed by atoms with Gasteiger partial charge < -0.3 is 0 Å². The number of likely N-dealkylation sites (tertiary alicyclic amines) is 1. The number of halogens is 4. The first kappa shape index (κ1) is 22.7. The van der Waals surface area contributed by atoms with Gasteiger partial charge in [-0.15, -0.1) is 12.4 Å². The molecule has 4 nitrogen and oxygen atoms in total. The van der Waals surface area contributed by atoms with E-state index >= 15 is 0 Å². The van der Waals surface area contributed by atoms with E-state index < -0.39 is 21.8 Å². The first-order valence-electron chi connectivity index (χ1n) is 8.70. The maximum atomic E-state index is 12.8. The highest BCUT2D eigenvalue weighted by atomic mass is 35.5. The van der Waals surface area contributed by atoms with Gasteiger partial charge in [-0.2, -0.15) is 13.2 Å². The van der Waals surface area contributed by atoms with E-state index in [1.807, 2.05) is 30.3 Å². The van der Waals surface area contributed by atoms with Crippen molar-refractivity contribution in [3.05, 3.63) is 65.7 Å². The lowest BCUT2D eigenvalue weighted by Gasteiger charge is -2.32. The minimum absolute atomic E-state index is 0. The van der Waals surface area contributed by atoms with Crippen LogP contribution in [0.25, 0.3) is 0 Å². The highest BCUT2D eigenvalue weighted by Crippen LogP contribution is 2.30. The van der Waals surface area contributed by atoms with Crippen LogP contribution in [0.4, 0.5) is 13.2 Å². The smallest absolute Gasteiger partial charge is 0.299 e. The van der Waals surface area contributed by atoms with Gasteiger partial charge in [-0.05, 0) is 36.6 Å². The van der Waals surface area contributed by atoms with Crippen LogP contribution in [0.15, 0.2) is 59.5 Å². The fourth-order valence-corrected chi connectivity index (χ4v) is 4.53. The van der Waals surface area contributed by atoms with E-state index in [0.717, 1.165) is 31.8 Å². The van der Waals surface area contributed by atoms with Crippen LogP contribution >= 0.6 is 12.4 Å². The van der Waals surface area contributed by atoms with Crippen LogP contribution in [0.1, 0.15) is 24.0 Å². The maximum Gasteiger partial charge on any atom is 0.416 e. The van der Waals surface area contributed by atoms with E-state index in [1.165, 1.54) is 11.6 Å². The molecule has 0 radical (unpaired) electrons. The summed E-state index contributed by atoms with van der Waals surface area (Å²) in [6.45, 7) is 2.25. The Hall–Kier alpha value is -1.61. The molecule has 28 heavy (non-hydrogen) atoms. The van der Waals surface area contributed by atoms with Gasteiger partial charge in [0.25, 0.3) is 0 Å². The molecule has 0 amide bonds. The van der Waals surface area contributed by atoms with Gasteiger partial charge in [0.2, 0.25) is 10.0 Å². The van der Waals surface area contributed by atoms with Crippen LogP contribution in [0.5, 0.6) is 0 Å². The summed E-state index contributed by atoms with van der Waals surface area (Å²) >= 11 is 0. The molecule has 1 N–H and O–H groups in total. The number of alkyl halides is 3. The Morgan fingerprint density at radius 2 is 1.64 bits per heavy atom. The van der Waals surface area contributed by atoms with Gasteiger partial charge in [-0.1, -0.05) is 36.4 Å². The van der Waals surface area contributed by atoms with Gasteiger partial charge in [-0.25, -0.2) is 13.1 Å². The summed E-state index contributed by atoms with van der Waals surface area (Å²) in [6, 6.07) is 13.5. The lowest BCUT2D eigenvalue weighted by Crippen LogP contribution is -2.44. The second kappa shape index (κ2) is 9.26. The molecule has 1 aliphatic heterocycles. The number of nitrogens with one attached hydrogen (secondary N) is 1. The minimum atomic E-state index is -4.58. The summed E-state index contributed by atoms with van der Waals surface area (Å²) < 4.78 is 65.9. The van der Waals surface area contributed by atoms with Crippen molar-refractivity contribution in [2.45, 2.75) is 36.5 Å². The molecule has 0 atom stereocenters.